The summed E-state index contributed by atoms with van der Waals surface area (Å²) in [6.45, 7) is 4.26. The van der Waals surface area contributed by atoms with Crippen LogP contribution in [0.3, 0.4) is 0 Å². The summed E-state index contributed by atoms with van der Waals surface area (Å²) in [6.07, 6.45) is 0. The number of rotatable bonds is 6. The molecule has 2 N–H and O–H groups in total. The lowest BCUT2D eigenvalue weighted by molar-refractivity contribution is -0.385. The van der Waals surface area contributed by atoms with Crippen molar-refractivity contribution >= 4 is 11.4 Å². The summed E-state index contributed by atoms with van der Waals surface area (Å²) in [7, 11) is 3.76. The van der Waals surface area contributed by atoms with Gasteiger partial charge in [0.1, 0.15) is 0 Å². The van der Waals surface area contributed by atoms with Crippen LogP contribution >= 0.6 is 0 Å². The van der Waals surface area contributed by atoms with Gasteiger partial charge in [-0.05, 0) is 34.0 Å². The number of aliphatic hydroxyl groups is 1. The molecule has 0 fully saturated rings. The highest BCUT2D eigenvalue weighted by Gasteiger charge is 2.22. The third kappa shape index (κ3) is 4.50. The Morgan fingerprint density at radius 1 is 1.47 bits per heavy atom. The van der Waals surface area contributed by atoms with Gasteiger partial charge in [-0.15, -0.1) is 0 Å². The summed E-state index contributed by atoms with van der Waals surface area (Å²) >= 11 is 0. The Morgan fingerprint density at radius 3 is 2.63 bits per heavy atom. The number of anilines is 1. The van der Waals surface area contributed by atoms with E-state index in [1.807, 2.05) is 19.0 Å². The van der Waals surface area contributed by atoms with Gasteiger partial charge >= 0.3 is 0 Å². The Morgan fingerprint density at radius 2 is 2.11 bits per heavy atom. The summed E-state index contributed by atoms with van der Waals surface area (Å²) in [5, 5.41) is 24.1. The van der Waals surface area contributed by atoms with Crippen LogP contribution < -0.4 is 5.32 Å². The zero-order valence-corrected chi connectivity index (χ0v) is 11.8. The Balaban J connectivity index is 2.78. The van der Waals surface area contributed by atoms with E-state index < -0.39 is 10.5 Å². The number of nitrogens with one attached hydrogen (secondary N) is 1. The van der Waals surface area contributed by atoms with Gasteiger partial charge in [-0.1, -0.05) is 6.07 Å². The number of hydrogen-bond acceptors (Lipinski definition) is 5. The topological polar surface area (TPSA) is 78.6 Å². The highest BCUT2D eigenvalue weighted by molar-refractivity contribution is 5.59. The van der Waals surface area contributed by atoms with Gasteiger partial charge in [0.25, 0.3) is 5.69 Å². The maximum Gasteiger partial charge on any atom is 0.274 e. The summed E-state index contributed by atoms with van der Waals surface area (Å²) in [4.78, 5) is 12.3. The molecule has 19 heavy (non-hydrogen) atoms. The van der Waals surface area contributed by atoms with Gasteiger partial charge in [-0.2, -0.15) is 0 Å². The van der Waals surface area contributed by atoms with E-state index in [4.69, 9.17) is 0 Å². The van der Waals surface area contributed by atoms with Crippen molar-refractivity contribution in [2.75, 3.05) is 32.5 Å². The van der Waals surface area contributed by atoms with Crippen molar-refractivity contribution in [2.24, 2.45) is 0 Å². The van der Waals surface area contributed by atoms with Crippen molar-refractivity contribution in [3.63, 3.8) is 0 Å². The van der Waals surface area contributed by atoms with E-state index in [0.29, 0.717) is 24.3 Å². The first-order chi connectivity index (χ1) is 8.73. The van der Waals surface area contributed by atoms with Crippen LogP contribution in [-0.4, -0.2) is 47.7 Å². The van der Waals surface area contributed by atoms with Crippen LogP contribution in [0, 0.1) is 17.0 Å². The van der Waals surface area contributed by atoms with Crippen LogP contribution in [0.5, 0.6) is 0 Å². The minimum Gasteiger partial charge on any atom is -0.387 e. The van der Waals surface area contributed by atoms with Gasteiger partial charge < -0.3 is 15.3 Å². The second-order valence-electron chi connectivity index (χ2n) is 5.30. The van der Waals surface area contributed by atoms with Gasteiger partial charge in [0, 0.05) is 30.4 Å². The van der Waals surface area contributed by atoms with Crippen LogP contribution in [0.15, 0.2) is 18.2 Å². The number of nitro benzene ring substituents is 1. The highest BCUT2D eigenvalue weighted by atomic mass is 16.6. The Bertz CT molecular complexity index is 458. The normalized spacial score (nSPS) is 14.2. The molecule has 0 saturated heterocycles. The lowest BCUT2D eigenvalue weighted by Crippen LogP contribution is -2.43. The maximum absolute atomic E-state index is 10.8. The molecule has 0 aliphatic heterocycles. The maximum atomic E-state index is 10.8. The average Bonchev–Trinajstić information content (AvgIpc) is 2.25. The van der Waals surface area contributed by atoms with Crippen molar-refractivity contribution in [1.82, 2.24) is 4.90 Å². The van der Waals surface area contributed by atoms with E-state index >= 15 is 0 Å². The van der Waals surface area contributed by atoms with Gasteiger partial charge in [0.05, 0.1) is 10.5 Å². The van der Waals surface area contributed by atoms with Crippen molar-refractivity contribution < 1.29 is 10.0 Å². The molecule has 0 aliphatic carbocycles. The van der Waals surface area contributed by atoms with Gasteiger partial charge in [-0.3, -0.25) is 10.1 Å². The monoisotopic (exact) mass is 267 g/mol. The quantitative estimate of drug-likeness (QED) is 0.605. The van der Waals surface area contributed by atoms with E-state index in [1.54, 1.807) is 26.0 Å². The van der Waals surface area contributed by atoms with Crippen LogP contribution in [0.4, 0.5) is 11.4 Å². The molecular formula is C13H21N3O3. The van der Waals surface area contributed by atoms with Gasteiger partial charge in [-0.25, -0.2) is 0 Å². The molecule has 0 aliphatic rings. The van der Waals surface area contributed by atoms with Crippen LogP contribution in [-0.2, 0) is 0 Å². The molecule has 0 bridgehead atoms. The molecule has 6 heteroatoms. The molecular weight excluding hydrogens is 246 g/mol. The SMILES string of the molecule is Cc1c(NCC(C)(O)CN(C)C)cccc1[N+](=O)[O-]. The lowest BCUT2D eigenvalue weighted by atomic mass is 10.1. The van der Waals surface area contributed by atoms with E-state index in [-0.39, 0.29) is 5.69 Å². The second kappa shape index (κ2) is 5.99. The third-order valence-electron chi connectivity index (χ3n) is 2.82. The molecule has 0 saturated carbocycles. The summed E-state index contributed by atoms with van der Waals surface area (Å²) in [5.74, 6) is 0. The minimum atomic E-state index is -0.902. The predicted molar refractivity (Wildman–Crippen MR) is 75.5 cm³/mol. The van der Waals surface area contributed by atoms with Crippen molar-refractivity contribution in [2.45, 2.75) is 19.4 Å². The van der Waals surface area contributed by atoms with Crippen molar-refractivity contribution in [3.05, 3.63) is 33.9 Å². The fourth-order valence-corrected chi connectivity index (χ4v) is 2.04. The molecule has 0 aromatic heterocycles. The first kappa shape index (κ1) is 15.4. The number of benzene rings is 1. The highest BCUT2D eigenvalue weighted by Crippen LogP contribution is 2.25. The van der Waals surface area contributed by atoms with E-state index in [0.717, 1.165) is 0 Å². The Kier molecular flexibility index (Phi) is 4.85. The average molecular weight is 267 g/mol. The number of likely N-dealkylation sites (N-methyl/N-ethyl adjacent to an activating group) is 1. The molecule has 106 valence electrons. The smallest absolute Gasteiger partial charge is 0.274 e. The molecule has 1 atom stereocenters. The van der Waals surface area contributed by atoms with Gasteiger partial charge in [0.2, 0.25) is 0 Å². The summed E-state index contributed by atoms with van der Waals surface area (Å²) in [5.41, 5.74) is 0.430. The lowest BCUT2D eigenvalue weighted by Gasteiger charge is -2.27. The summed E-state index contributed by atoms with van der Waals surface area (Å²) in [6, 6.07) is 4.88. The summed E-state index contributed by atoms with van der Waals surface area (Å²) < 4.78 is 0. The molecule has 1 aromatic carbocycles. The number of nitro groups is 1. The van der Waals surface area contributed by atoms with E-state index in [9.17, 15) is 15.2 Å². The molecule has 0 heterocycles. The predicted octanol–water partition coefficient (Wildman–Crippen LogP) is 1.63. The minimum absolute atomic E-state index is 0.0808. The van der Waals surface area contributed by atoms with Crippen LogP contribution in [0.25, 0.3) is 0 Å². The van der Waals surface area contributed by atoms with Gasteiger partial charge in [0.15, 0.2) is 0 Å². The first-order valence-corrected chi connectivity index (χ1v) is 6.08. The fraction of sp³-hybridized carbons (Fsp3) is 0.538. The van der Waals surface area contributed by atoms with Crippen molar-refractivity contribution in [3.8, 4) is 0 Å². The van der Waals surface area contributed by atoms with Crippen molar-refractivity contribution in [1.29, 1.82) is 0 Å². The molecule has 1 unspecified atom stereocenters. The molecule has 0 spiro atoms. The molecule has 6 nitrogen and oxygen atoms in total. The number of nitrogens with zero attached hydrogens (tertiary/aromatic N) is 2. The van der Waals surface area contributed by atoms with Crippen LogP contribution in [0.2, 0.25) is 0 Å². The Labute approximate surface area is 113 Å². The second-order valence-corrected chi connectivity index (χ2v) is 5.30. The Hall–Kier alpha value is -1.66. The first-order valence-electron chi connectivity index (χ1n) is 6.08. The third-order valence-corrected chi connectivity index (χ3v) is 2.82. The standard InChI is InChI=1S/C13H21N3O3/c1-10-11(6-5-7-12(10)16(18)19)14-8-13(2,17)9-15(3)4/h5-7,14,17H,8-9H2,1-4H3. The van der Waals surface area contributed by atoms with Crippen LogP contribution in [0.1, 0.15) is 12.5 Å². The number of hydrogen-bond donors (Lipinski definition) is 2. The molecule has 1 rings (SSSR count). The van der Waals surface area contributed by atoms with E-state index in [1.165, 1.54) is 6.07 Å². The zero-order valence-electron chi connectivity index (χ0n) is 11.8. The largest absolute Gasteiger partial charge is 0.387 e. The fourth-order valence-electron chi connectivity index (χ4n) is 2.04. The molecule has 1 aromatic rings. The van der Waals surface area contributed by atoms with E-state index in [2.05, 4.69) is 5.32 Å². The zero-order chi connectivity index (χ0) is 14.6. The molecule has 0 radical (unpaired) electrons. The molecule has 0 amide bonds.